The maximum absolute atomic E-state index is 10.8. The van der Waals surface area contributed by atoms with Gasteiger partial charge in [0.2, 0.25) is 0 Å². The second-order valence-corrected chi connectivity index (χ2v) is 7.90. The van der Waals surface area contributed by atoms with Gasteiger partial charge < -0.3 is 4.74 Å². The number of hydrogen-bond donors (Lipinski definition) is 0. The Kier molecular flexibility index (Phi) is 6.81. The van der Waals surface area contributed by atoms with Gasteiger partial charge in [-0.25, -0.2) is 0 Å². The molecule has 0 radical (unpaired) electrons. The summed E-state index contributed by atoms with van der Waals surface area (Å²) in [6.07, 6.45) is 1.78. The van der Waals surface area contributed by atoms with Gasteiger partial charge in [0, 0.05) is 26.6 Å². The Morgan fingerprint density at radius 2 is 1.69 bits per heavy atom. The first-order valence-electron chi connectivity index (χ1n) is 8.49. The predicted octanol–water partition coefficient (Wildman–Crippen LogP) is 6.76. The van der Waals surface area contributed by atoms with E-state index in [1.807, 2.05) is 42.5 Å². The molecule has 3 aromatic carbocycles. The van der Waals surface area contributed by atoms with Crippen LogP contribution in [0, 0.1) is 21.4 Å². The van der Waals surface area contributed by atoms with Gasteiger partial charge in [0.25, 0.3) is 5.69 Å². The lowest BCUT2D eigenvalue weighted by Crippen LogP contribution is -1.98. The van der Waals surface area contributed by atoms with Crippen LogP contribution in [0.1, 0.15) is 16.7 Å². The van der Waals surface area contributed by atoms with Crippen LogP contribution in [0.2, 0.25) is 0 Å². The molecule has 29 heavy (non-hydrogen) atoms. The summed E-state index contributed by atoms with van der Waals surface area (Å²) in [7, 11) is 0. The smallest absolute Gasteiger partial charge is 0.269 e. The molecule has 0 unspecified atom stereocenters. The summed E-state index contributed by atoms with van der Waals surface area (Å²) in [5.74, 6) is 0.608. The Labute approximate surface area is 184 Å². The van der Waals surface area contributed by atoms with Gasteiger partial charge in [0.05, 0.1) is 16.6 Å². The van der Waals surface area contributed by atoms with Crippen molar-refractivity contribution >= 4 is 49.2 Å². The summed E-state index contributed by atoms with van der Waals surface area (Å²) in [5, 5.41) is 20.4. The van der Waals surface area contributed by atoms with E-state index in [1.165, 1.54) is 12.1 Å². The molecule has 0 heterocycles. The molecule has 0 aromatic heterocycles. The van der Waals surface area contributed by atoms with Gasteiger partial charge in [-0.15, -0.1) is 0 Å². The van der Waals surface area contributed by atoms with Crippen molar-refractivity contribution in [2.45, 2.75) is 6.61 Å². The largest absolute Gasteiger partial charge is 0.488 e. The molecule has 0 saturated carbocycles. The highest BCUT2D eigenvalue weighted by molar-refractivity contribution is 9.10. The predicted molar refractivity (Wildman–Crippen MR) is 119 cm³/mol. The number of non-ortho nitro benzene ring substituents is 1. The number of benzene rings is 3. The van der Waals surface area contributed by atoms with Crippen molar-refractivity contribution in [2.24, 2.45) is 0 Å². The van der Waals surface area contributed by atoms with Gasteiger partial charge >= 0.3 is 0 Å². The molecule has 3 rings (SSSR count). The molecule has 0 aliphatic carbocycles. The molecular weight excluding hydrogens is 500 g/mol. The van der Waals surface area contributed by atoms with Crippen LogP contribution in [0.15, 0.2) is 75.7 Å². The van der Waals surface area contributed by atoms with Crippen LogP contribution in [-0.2, 0) is 6.61 Å². The van der Waals surface area contributed by atoms with Crippen molar-refractivity contribution in [1.82, 2.24) is 0 Å². The number of nitro benzene ring substituents is 1. The molecule has 3 aromatic rings. The van der Waals surface area contributed by atoms with E-state index in [4.69, 9.17) is 4.74 Å². The molecular formula is C22H14Br2N2O3. The Morgan fingerprint density at radius 3 is 2.31 bits per heavy atom. The second-order valence-electron chi connectivity index (χ2n) is 6.07. The number of halogens is 2. The normalized spacial score (nSPS) is 11.0. The monoisotopic (exact) mass is 512 g/mol. The topological polar surface area (TPSA) is 76.2 Å². The van der Waals surface area contributed by atoms with Crippen molar-refractivity contribution in [1.29, 1.82) is 5.26 Å². The van der Waals surface area contributed by atoms with Crippen LogP contribution in [0.5, 0.6) is 5.75 Å². The van der Waals surface area contributed by atoms with Crippen molar-refractivity contribution in [3.63, 3.8) is 0 Å². The number of nitro groups is 1. The first-order chi connectivity index (χ1) is 14.0. The van der Waals surface area contributed by atoms with E-state index in [-0.39, 0.29) is 12.3 Å². The summed E-state index contributed by atoms with van der Waals surface area (Å²) in [6.45, 7) is 0.251. The summed E-state index contributed by atoms with van der Waals surface area (Å²) in [6, 6.07) is 21.5. The molecule has 0 saturated heterocycles. The maximum atomic E-state index is 10.8. The van der Waals surface area contributed by atoms with E-state index < -0.39 is 4.92 Å². The van der Waals surface area contributed by atoms with Crippen molar-refractivity contribution in [3.05, 3.63) is 102 Å². The molecule has 0 fully saturated rings. The lowest BCUT2D eigenvalue weighted by Gasteiger charge is -2.11. The lowest BCUT2D eigenvalue weighted by molar-refractivity contribution is -0.384. The van der Waals surface area contributed by atoms with Crippen LogP contribution in [-0.4, -0.2) is 4.92 Å². The number of ether oxygens (including phenoxy) is 1. The van der Waals surface area contributed by atoms with Crippen LogP contribution in [0.4, 0.5) is 5.69 Å². The molecule has 0 atom stereocenters. The number of allylic oxidation sites excluding steroid dienone is 1. The van der Waals surface area contributed by atoms with Crippen LogP contribution in [0.3, 0.4) is 0 Å². The molecule has 0 aliphatic heterocycles. The first-order valence-corrected chi connectivity index (χ1v) is 10.1. The maximum Gasteiger partial charge on any atom is 0.269 e. The third-order valence-corrected chi connectivity index (χ3v) is 5.11. The first kappa shape index (κ1) is 20.8. The minimum absolute atomic E-state index is 0.0363. The van der Waals surface area contributed by atoms with Crippen molar-refractivity contribution in [3.8, 4) is 11.8 Å². The summed E-state index contributed by atoms with van der Waals surface area (Å²) in [5.41, 5.74) is 2.91. The highest BCUT2D eigenvalue weighted by Crippen LogP contribution is 2.29. The van der Waals surface area contributed by atoms with E-state index in [2.05, 4.69) is 37.9 Å². The minimum Gasteiger partial charge on any atom is -0.488 e. The highest BCUT2D eigenvalue weighted by atomic mass is 79.9. The van der Waals surface area contributed by atoms with Crippen LogP contribution < -0.4 is 4.74 Å². The minimum atomic E-state index is -0.437. The number of nitriles is 1. The van der Waals surface area contributed by atoms with Crippen LogP contribution in [0.25, 0.3) is 11.6 Å². The van der Waals surface area contributed by atoms with Gasteiger partial charge in [-0.1, -0.05) is 44.0 Å². The Morgan fingerprint density at radius 1 is 1.03 bits per heavy atom. The quantitative estimate of drug-likeness (QED) is 0.158. The Hall–Kier alpha value is -2.95. The second kappa shape index (κ2) is 9.50. The van der Waals surface area contributed by atoms with Crippen molar-refractivity contribution < 1.29 is 9.66 Å². The molecule has 0 amide bonds. The van der Waals surface area contributed by atoms with Gasteiger partial charge in [0.15, 0.2) is 0 Å². The van der Waals surface area contributed by atoms with Gasteiger partial charge in [-0.2, -0.15) is 5.26 Å². The molecule has 0 N–H and O–H groups in total. The zero-order valence-corrected chi connectivity index (χ0v) is 18.2. The SMILES string of the molecule is N#C/C(=C\c1cc(Br)ccc1OCc1ccc([N+](=O)[O-])cc1)c1ccc(Br)cc1. The standard InChI is InChI=1S/C22H14Br2N2O3/c23-19-5-3-16(4-6-19)18(13-25)11-17-12-20(24)7-10-22(17)29-14-15-1-8-21(9-2-15)26(27)28/h1-12H,14H2/b18-11+. The number of nitrogens with zero attached hydrogens (tertiary/aromatic N) is 2. The molecule has 144 valence electrons. The van der Waals surface area contributed by atoms with E-state index in [0.29, 0.717) is 11.3 Å². The third-order valence-electron chi connectivity index (χ3n) is 4.09. The third kappa shape index (κ3) is 5.53. The average molecular weight is 514 g/mol. The zero-order chi connectivity index (χ0) is 20.8. The Balaban J connectivity index is 1.86. The number of hydrogen-bond acceptors (Lipinski definition) is 4. The fraction of sp³-hybridized carbons (Fsp3) is 0.0455. The molecule has 0 spiro atoms. The zero-order valence-electron chi connectivity index (χ0n) is 15.0. The van der Waals surface area contributed by atoms with E-state index in [9.17, 15) is 15.4 Å². The Bertz CT molecular complexity index is 1100. The molecule has 0 aliphatic rings. The van der Waals surface area contributed by atoms with Crippen LogP contribution >= 0.6 is 31.9 Å². The summed E-state index contributed by atoms with van der Waals surface area (Å²) < 4.78 is 7.73. The van der Waals surface area contributed by atoms with E-state index in [1.54, 1.807) is 18.2 Å². The van der Waals surface area contributed by atoms with E-state index >= 15 is 0 Å². The van der Waals surface area contributed by atoms with E-state index in [0.717, 1.165) is 25.6 Å². The fourth-order valence-electron chi connectivity index (χ4n) is 2.60. The van der Waals surface area contributed by atoms with Gasteiger partial charge in [-0.05, 0) is 59.7 Å². The molecule has 0 bridgehead atoms. The number of rotatable bonds is 6. The molecule has 7 heteroatoms. The average Bonchev–Trinajstić information content (AvgIpc) is 2.72. The fourth-order valence-corrected chi connectivity index (χ4v) is 3.25. The van der Waals surface area contributed by atoms with Gasteiger partial charge in [-0.3, -0.25) is 10.1 Å². The van der Waals surface area contributed by atoms with Gasteiger partial charge in [0.1, 0.15) is 12.4 Å². The summed E-state index contributed by atoms with van der Waals surface area (Å²) >= 11 is 6.85. The highest BCUT2D eigenvalue weighted by Gasteiger charge is 2.08. The molecule has 5 nitrogen and oxygen atoms in total. The lowest BCUT2D eigenvalue weighted by atomic mass is 10.0. The summed E-state index contributed by atoms with van der Waals surface area (Å²) in [4.78, 5) is 10.3. The van der Waals surface area contributed by atoms with Crippen molar-refractivity contribution in [2.75, 3.05) is 0 Å².